The normalized spacial score (nSPS) is 10.7. The molecule has 0 unspecified atom stereocenters. The molecule has 6 heteroatoms. The van der Waals surface area contributed by atoms with E-state index in [-0.39, 0.29) is 11.6 Å². The van der Waals surface area contributed by atoms with Crippen LogP contribution in [0.4, 0.5) is 5.69 Å². The highest BCUT2D eigenvalue weighted by atomic mass is 79.9. The van der Waals surface area contributed by atoms with Crippen molar-refractivity contribution in [3.05, 3.63) is 63.9 Å². The SMILES string of the molecule is O=C(Nc1ccc(Br)cc1)c1nn2ccccc2c1Cl. The fourth-order valence-corrected chi connectivity index (χ4v) is 2.37. The van der Waals surface area contributed by atoms with E-state index in [2.05, 4.69) is 26.3 Å². The Bertz CT molecular complexity index is 783. The van der Waals surface area contributed by atoms with Crippen molar-refractivity contribution in [3.63, 3.8) is 0 Å². The van der Waals surface area contributed by atoms with Crippen molar-refractivity contribution >= 4 is 44.6 Å². The maximum absolute atomic E-state index is 12.2. The smallest absolute Gasteiger partial charge is 0.277 e. The Morgan fingerprint density at radius 3 is 2.65 bits per heavy atom. The molecule has 0 aliphatic heterocycles. The monoisotopic (exact) mass is 349 g/mol. The molecule has 0 atom stereocenters. The van der Waals surface area contributed by atoms with E-state index in [1.807, 2.05) is 30.3 Å². The van der Waals surface area contributed by atoms with Crippen LogP contribution in [0.15, 0.2) is 53.1 Å². The van der Waals surface area contributed by atoms with Gasteiger partial charge in [0.1, 0.15) is 0 Å². The van der Waals surface area contributed by atoms with E-state index in [1.165, 1.54) is 0 Å². The summed E-state index contributed by atoms with van der Waals surface area (Å²) >= 11 is 9.53. The number of anilines is 1. The van der Waals surface area contributed by atoms with Crippen LogP contribution in [0.25, 0.3) is 5.52 Å². The fourth-order valence-electron chi connectivity index (χ4n) is 1.84. The van der Waals surface area contributed by atoms with Gasteiger partial charge in [-0.05, 0) is 36.4 Å². The average Bonchev–Trinajstić information content (AvgIpc) is 2.79. The number of rotatable bonds is 2. The molecule has 0 aliphatic rings. The maximum atomic E-state index is 12.2. The predicted octanol–water partition coefficient (Wildman–Crippen LogP) is 4.00. The molecule has 0 spiro atoms. The summed E-state index contributed by atoms with van der Waals surface area (Å²) in [6.45, 7) is 0. The van der Waals surface area contributed by atoms with Crippen LogP contribution in [0.2, 0.25) is 5.02 Å². The molecule has 0 radical (unpaired) electrons. The summed E-state index contributed by atoms with van der Waals surface area (Å²) in [6.07, 6.45) is 1.75. The molecule has 0 bridgehead atoms. The van der Waals surface area contributed by atoms with Crippen molar-refractivity contribution in [3.8, 4) is 0 Å². The first kappa shape index (κ1) is 13.1. The van der Waals surface area contributed by atoms with Crippen LogP contribution in [0.5, 0.6) is 0 Å². The fraction of sp³-hybridized carbons (Fsp3) is 0. The van der Waals surface area contributed by atoms with E-state index in [1.54, 1.807) is 22.8 Å². The summed E-state index contributed by atoms with van der Waals surface area (Å²) < 4.78 is 2.53. The summed E-state index contributed by atoms with van der Waals surface area (Å²) in [5.41, 5.74) is 1.60. The average molecular weight is 351 g/mol. The Balaban J connectivity index is 1.92. The summed E-state index contributed by atoms with van der Waals surface area (Å²) in [7, 11) is 0. The number of hydrogen-bond donors (Lipinski definition) is 1. The number of pyridine rings is 1. The zero-order valence-electron chi connectivity index (χ0n) is 10.2. The van der Waals surface area contributed by atoms with E-state index < -0.39 is 0 Å². The van der Waals surface area contributed by atoms with Gasteiger partial charge in [-0.3, -0.25) is 4.79 Å². The number of nitrogens with zero attached hydrogens (tertiary/aromatic N) is 2. The first-order valence-electron chi connectivity index (χ1n) is 5.85. The van der Waals surface area contributed by atoms with Crippen LogP contribution in [-0.4, -0.2) is 15.5 Å². The molecule has 3 rings (SSSR count). The summed E-state index contributed by atoms with van der Waals surface area (Å²) in [5.74, 6) is -0.332. The minimum Gasteiger partial charge on any atom is -0.321 e. The van der Waals surface area contributed by atoms with Crippen LogP contribution < -0.4 is 5.32 Å². The van der Waals surface area contributed by atoms with Gasteiger partial charge < -0.3 is 5.32 Å². The molecule has 0 aliphatic carbocycles. The molecule has 100 valence electrons. The van der Waals surface area contributed by atoms with Gasteiger partial charge in [-0.2, -0.15) is 5.10 Å². The lowest BCUT2D eigenvalue weighted by molar-refractivity contribution is 0.102. The maximum Gasteiger partial charge on any atom is 0.277 e. The predicted molar refractivity (Wildman–Crippen MR) is 82.3 cm³/mol. The Hall–Kier alpha value is -1.85. The molecule has 2 heterocycles. The van der Waals surface area contributed by atoms with E-state index in [4.69, 9.17) is 11.6 Å². The Labute approximate surface area is 128 Å². The standard InChI is InChI=1S/C14H9BrClN3O/c15-9-4-6-10(7-5-9)17-14(20)13-12(16)11-3-1-2-8-19(11)18-13/h1-8H,(H,17,20). The van der Waals surface area contributed by atoms with E-state index in [0.29, 0.717) is 16.2 Å². The highest BCUT2D eigenvalue weighted by Crippen LogP contribution is 2.23. The molecule has 3 aromatic rings. The topological polar surface area (TPSA) is 46.4 Å². The number of hydrogen-bond acceptors (Lipinski definition) is 2. The third-order valence-corrected chi connectivity index (χ3v) is 3.70. The van der Waals surface area contributed by atoms with Gasteiger partial charge in [0.05, 0.1) is 10.5 Å². The molecule has 4 nitrogen and oxygen atoms in total. The molecule has 0 saturated heterocycles. The van der Waals surface area contributed by atoms with E-state index >= 15 is 0 Å². The van der Waals surface area contributed by atoms with Crippen LogP contribution >= 0.6 is 27.5 Å². The molecule has 1 aromatic carbocycles. The molecule has 1 amide bonds. The molecule has 20 heavy (non-hydrogen) atoms. The van der Waals surface area contributed by atoms with Crippen molar-refractivity contribution in [2.24, 2.45) is 0 Å². The molecule has 2 aromatic heterocycles. The van der Waals surface area contributed by atoms with Crippen molar-refractivity contribution in [1.29, 1.82) is 0 Å². The number of nitrogens with one attached hydrogen (secondary N) is 1. The second-order valence-electron chi connectivity index (χ2n) is 4.15. The number of carbonyl (C=O) groups excluding carboxylic acids is 1. The Kier molecular flexibility index (Phi) is 3.46. The first-order valence-corrected chi connectivity index (χ1v) is 7.02. The van der Waals surface area contributed by atoms with Crippen molar-refractivity contribution < 1.29 is 4.79 Å². The van der Waals surface area contributed by atoms with Gasteiger partial charge in [0.25, 0.3) is 5.91 Å². The van der Waals surface area contributed by atoms with Crippen LogP contribution in [0.1, 0.15) is 10.5 Å². The third-order valence-electron chi connectivity index (χ3n) is 2.80. The zero-order valence-corrected chi connectivity index (χ0v) is 12.5. The number of amides is 1. The van der Waals surface area contributed by atoms with Gasteiger partial charge in [0, 0.05) is 16.4 Å². The van der Waals surface area contributed by atoms with Crippen molar-refractivity contribution in [1.82, 2.24) is 9.61 Å². The van der Waals surface area contributed by atoms with Gasteiger partial charge in [0.15, 0.2) is 5.69 Å². The Morgan fingerprint density at radius 2 is 1.95 bits per heavy atom. The number of aromatic nitrogens is 2. The lowest BCUT2D eigenvalue weighted by Gasteiger charge is -2.03. The molecular weight excluding hydrogens is 342 g/mol. The van der Waals surface area contributed by atoms with Crippen molar-refractivity contribution in [2.75, 3.05) is 5.32 Å². The molecule has 0 fully saturated rings. The van der Waals surface area contributed by atoms with E-state index in [0.717, 1.165) is 4.47 Å². The summed E-state index contributed by atoms with van der Waals surface area (Å²) in [6, 6.07) is 12.8. The third kappa shape index (κ3) is 2.42. The minimum absolute atomic E-state index is 0.209. The van der Waals surface area contributed by atoms with Gasteiger partial charge >= 0.3 is 0 Å². The quantitative estimate of drug-likeness (QED) is 0.759. The molecule has 1 N–H and O–H groups in total. The first-order chi connectivity index (χ1) is 9.65. The highest BCUT2D eigenvalue weighted by molar-refractivity contribution is 9.10. The van der Waals surface area contributed by atoms with Gasteiger partial charge in [-0.15, -0.1) is 0 Å². The van der Waals surface area contributed by atoms with Gasteiger partial charge in [-0.25, -0.2) is 4.52 Å². The minimum atomic E-state index is -0.332. The summed E-state index contributed by atoms with van der Waals surface area (Å²) in [5, 5.41) is 7.30. The van der Waals surface area contributed by atoms with E-state index in [9.17, 15) is 4.79 Å². The lowest BCUT2D eigenvalue weighted by atomic mass is 10.3. The molecular formula is C14H9BrClN3O. The second kappa shape index (κ2) is 5.26. The number of fused-ring (bicyclic) bond motifs is 1. The van der Waals surface area contributed by atoms with Crippen LogP contribution in [0, 0.1) is 0 Å². The van der Waals surface area contributed by atoms with Gasteiger partial charge in [-0.1, -0.05) is 33.6 Å². The van der Waals surface area contributed by atoms with Gasteiger partial charge in [0.2, 0.25) is 0 Å². The van der Waals surface area contributed by atoms with Crippen molar-refractivity contribution in [2.45, 2.75) is 0 Å². The van der Waals surface area contributed by atoms with Crippen LogP contribution in [-0.2, 0) is 0 Å². The number of benzene rings is 1. The summed E-state index contributed by atoms with van der Waals surface area (Å²) in [4.78, 5) is 12.2. The number of halogens is 2. The lowest BCUT2D eigenvalue weighted by Crippen LogP contribution is -2.13. The van der Waals surface area contributed by atoms with Crippen LogP contribution in [0.3, 0.4) is 0 Å². The molecule has 0 saturated carbocycles. The largest absolute Gasteiger partial charge is 0.321 e. The highest BCUT2D eigenvalue weighted by Gasteiger charge is 2.17. The second-order valence-corrected chi connectivity index (χ2v) is 5.45. The number of carbonyl (C=O) groups is 1. The Morgan fingerprint density at radius 1 is 1.20 bits per heavy atom. The zero-order chi connectivity index (χ0) is 14.1.